The van der Waals surface area contributed by atoms with Crippen LogP contribution in [0, 0.1) is 0 Å². The number of nitrogens with zero attached hydrogens (tertiary/aromatic N) is 1. The molecule has 1 aliphatic heterocycles. The van der Waals surface area contributed by atoms with Gasteiger partial charge >= 0.3 is 0 Å². The second kappa shape index (κ2) is 4.00. The van der Waals surface area contributed by atoms with Gasteiger partial charge in [-0.25, -0.2) is 4.99 Å². The molecule has 2 rings (SSSR count). The maximum atomic E-state index is 10.8. The minimum Gasteiger partial charge on any atom is -0.337 e. The second-order valence-corrected chi connectivity index (χ2v) is 3.23. The Bertz CT molecular complexity index is 396. The molecule has 1 amide bonds. The van der Waals surface area contributed by atoms with Crippen molar-refractivity contribution in [1.29, 1.82) is 0 Å². The number of carbonyl (C=O) groups is 1. The lowest BCUT2D eigenvalue weighted by molar-refractivity contribution is -0.114. The van der Waals surface area contributed by atoms with Gasteiger partial charge in [-0.05, 0) is 24.3 Å². The van der Waals surface area contributed by atoms with Crippen molar-refractivity contribution in [2.75, 3.05) is 17.3 Å². The quantitative estimate of drug-likeness (QED) is 0.672. The molecule has 0 bridgehead atoms. The summed E-state index contributed by atoms with van der Waals surface area (Å²) in [6.45, 7) is 2.16. The van der Waals surface area contributed by atoms with Gasteiger partial charge in [0.2, 0.25) is 5.91 Å². The fourth-order valence-corrected chi connectivity index (χ4v) is 1.22. The molecule has 0 unspecified atom stereocenters. The Morgan fingerprint density at radius 3 is 2.40 bits per heavy atom. The van der Waals surface area contributed by atoms with Gasteiger partial charge in [-0.2, -0.15) is 0 Å². The molecule has 5 nitrogen and oxygen atoms in total. The lowest BCUT2D eigenvalue weighted by atomic mass is 10.3. The van der Waals surface area contributed by atoms with Crippen molar-refractivity contribution in [3.63, 3.8) is 0 Å². The van der Waals surface area contributed by atoms with Crippen LogP contribution < -0.4 is 16.0 Å². The highest BCUT2D eigenvalue weighted by molar-refractivity contribution is 5.96. The molecule has 0 atom stereocenters. The highest BCUT2D eigenvalue weighted by Gasteiger charge is 2.05. The van der Waals surface area contributed by atoms with Gasteiger partial charge in [-0.3, -0.25) is 4.79 Å². The number of benzene rings is 1. The molecule has 0 saturated heterocycles. The molecule has 0 radical (unpaired) electrons. The Hall–Kier alpha value is -2.04. The van der Waals surface area contributed by atoms with Crippen LogP contribution in [0.3, 0.4) is 0 Å². The Morgan fingerprint density at radius 2 is 1.93 bits per heavy atom. The molecule has 1 aromatic rings. The summed E-state index contributed by atoms with van der Waals surface area (Å²) in [7, 11) is 0. The number of anilines is 2. The Kier molecular flexibility index (Phi) is 2.53. The standard InChI is InChI=1S/C10H12N4O/c1-7(15)13-8-2-4-9(5-3-8)14-10-11-6-12-10/h2-5H,6H2,1H3,(H,13,15)(H2,11,12,14). The number of amides is 1. The van der Waals surface area contributed by atoms with Gasteiger partial charge in [0, 0.05) is 18.3 Å². The van der Waals surface area contributed by atoms with E-state index >= 15 is 0 Å². The molecule has 1 aromatic carbocycles. The zero-order valence-corrected chi connectivity index (χ0v) is 8.37. The van der Waals surface area contributed by atoms with E-state index in [4.69, 9.17) is 0 Å². The first-order valence-electron chi connectivity index (χ1n) is 4.67. The van der Waals surface area contributed by atoms with E-state index in [1.807, 2.05) is 24.3 Å². The van der Waals surface area contributed by atoms with E-state index in [2.05, 4.69) is 20.9 Å². The lowest BCUT2D eigenvalue weighted by Crippen LogP contribution is -2.39. The Morgan fingerprint density at radius 1 is 1.33 bits per heavy atom. The fraction of sp³-hybridized carbons (Fsp3) is 0.200. The van der Waals surface area contributed by atoms with Crippen LogP contribution in [0.15, 0.2) is 29.3 Å². The van der Waals surface area contributed by atoms with E-state index in [9.17, 15) is 4.79 Å². The van der Waals surface area contributed by atoms with Crippen LogP contribution in [0.1, 0.15) is 6.92 Å². The number of carbonyl (C=O) groups excluding carboxylic acids is 1. The van der Waals surface area contributed by atoms with E-state index in [1.165, 1.54) is 6.92 Å². The van der Waals surface area contributed by atoms with Gasteiger partial charge in [0.15, 0.2) is 5.96 Å². The van der Waals surface area contributed by atoms with Crippen molar-refractivity contribution >= 4 is 23.2 Å². The van der Waals surface area contributed by atoms with Crippen molar-refractivity contribution in [3.05, 3.63) is 24.3 Å². The van der Waals surface area contributed by atoms with Gasteiger partial charge < -0.3 is 16.0 Å². The summed E-state index contributed by atoms with van der Waals surface area (Å²) in [5.74, 6) is 0.711. The molecular formula is C10H12N4O. The highest BCUT2D eigenvalue weighted by atomic mass is 16.1. The Labute approximate surface area is 87.6 Å². The van der Waals surface area contributed by atoms with Crippen molar-refractivity contribution in [2.45, 2.75) is 6.92 Å². The smallest absolute Gasteiger partial charge is 0.221 e. The first-order valence-corrected chi connectivity index (χ1v) is 4.67. The van der Waals surface area contributed by atoms with Gasteiger partial charge in [0.25, 0.3) is 0 Å². The third-order valence-electron chi connectivity index (χ3n) is 1.95. The SMILES string of the molecule is CC(=O)Nc1ccc(NC2=NCN2)cc1. The molecule has 1 heterocycles. The normalized spacial score (nSPS) is 13.3. The van der Waals surface area contributed by atoms with E-state index < -0.39 is 0 Å². The largest absolute Gasteiger partial charge is 0.337 e. The number of guanidine groups is 1. The zero-order chi connectivity index (χ0) is 10.7. The molecule has 3 N–H and O–H groups in total. The number of rotatable bonds is 2. The molecule has 1 aliphatic rings. The molecule has 0 fully saturated rings. The molecule has 0 saturated carbocycles. The van der Waals surface area contributed by atoms with E-state index in [0.29, 0.717) is 6.67 Å². The van der Waals surface area contributed by atoms with E-state index in [1.54, 1.807) is 0 Å². The second-order valence-electron chi connectivity index (χ2n) is 3.23. The van der Waals surface area contributed by atoms with Crippen molar-refractivity contribution in [1.82, 2.24) is 5.32 Å². The first-order chi connectivity index (χ1) is 7.24. The average Bonchev–Trinajstić information content (AvgIpc) is 2.13. The van der Waals surface area contributed by atoms with Gasteiger partial charge in [-0.1, -0.05) is 0 Å². The monoisotopic (exact) mass is 204 g/mol. The minimum atomic E-state index is -0.0688. The molecular weight excluding hydrogens is 192 g/mol. The Balaban J connectivity index is 1.99. The summed E-state index contributed by atoms with van der Waals surface area (Å²) >= 11 is 0. The fourth-order valence-electron chi connectivity index (χ4n) is 1.22. The predicted molar refractivity (Wildman–Crippen MR) is 59.8 cm³/mol. The van der Waals surface area contributed by atoms with Crippen LogP contribution in [0.4, 0.5) is 11.4 Å². The predicted octanol–water partition coefficient (Wildman–Crippen LogP) is 0.974. The number of hydrogen-bond acceptors (Lipinski definition) is 4. The van der Waals surface area contributed by atoms with Crippen molar-refractivity contribution in [3.8, 4) is 0 Å². The third-order valence-corrected chi connectivity index (χ3v) is 1.95. The van der Waals surface area contributed by atoms with E-state index in [0.717, 1.165) is 17.3 Å². The molecule has 15 heavy (non-hydrogen) atoms. The van der Waals surface area contributed by atoms with Gasteiger partial charge in [-0.15, -0.1) is 0 Å². The van der Waals surface area contributed by atoms with Crippen molar-refractivity contribution in [2.24, 2.45) is 4.99 Å². The topological polar surface area (TPSA) is 65.5 Å². The maximum absolute atomic E-state index is 10.8. The van der Waals surface area contributed by atoms with Crippen LogP contribution >= 0.6 is 0 Å². The van der Waals surface area contributed by atoms with Crippen LogP contribution in [0.25, 0.3) is 0 Å². The van der Waals surface area contributed by atoms with Crippen LogP contribution in [-0.4, -0.2) is 18.5 Å². The zero-order valence-electron chi connectivity index (χ0n) is 8.37. The lowest BCUT2D eigenvalue weighted by Gasteiger charge is -2.17. The van der Waals surface area contributed by atoms with Gasteiger partial charge in [0.05, 0.1) is 0 Å². The summed E-state index contributed by atoms with van der Waals surface area (Å²) in [5, 5.41) is 8.80. The summed E-state index contributed by atoms with van der Waals surface area (Å²) < 4.78 is 0. The third kappa shape index (κ3) is 2.46. The summed E-state index contributed by atoms with van der Waals surface area (Å²) in [6, 6.07) is 7.44. The van der Waals surface area contributed by atoms with Gasteiger partial charge in [0.1, 0.15) is 6.67 Å². The van der Waals surface area contributed by atoms with Crippen LogP contribution in [0.2, 0.25) is 0 Å². The number of aliphatic imine (C=N–C) groups is 1. The number of hydrogen-bond donors (Lipinski definition) is 3. The molecule has 0 aromatic heterocycles. The van der Waals surface area contributed by atoms with E-state index in [-0.39, 0.29) is 5.91 Å². The first kappa shape index (κ1) is 9.51. The molecule has 5 heteroatoms. The maximum Gasteiger partial charge on any atom is 0.221 e. The van der Waals surface area contributed by atoms with Crippen LogP contribution in [0.5, 0.6) is 0 Å². The summed E-state index contributed by atoms with van der Waals surface area (Å²) in [5.41, 5.74) is 1.73. The molecule has 78 valence electrons. The summed E-state index contributed by atoms with van der Waals surface area (Å²) in [6.07, 6.45) is 0. The highest BCUT2D eigenvalue weighted by Crippen LogP contribution is 2.13. The average molecular weight is 204 g/mol. The van der Waals surface area contributed by atoms with Crippen molar-refractivity contribution < 1.29 is 4.79 Å². The van der Waals surface area contributed by atoms with Crippen LogP contribution in [-0.2, 0) is 4.79 Å². The minimum absolute atomic E-state index is 0.0688. The number of nitrogens with one attached hydrogen (secondary N) is 3. The summed E-state index contributed by atoms with van der Waals surface area (Å²) in [4.78, 5) is 14.8. The molecule has 0 aliphatic carbocycles. The molecule has 0 spiro atoms.